The van der Waals surface area contributed by atoms with E-state index >= 15 is 0 Å². The molecule has 0 spiro atoms. The zero-order valence-corrected chi connectivity index (χ0v) is 18.5. The third-order valence-corrected chi connectivity index (χ3v) is 6.12. The Morgan fingerprint density at radius 1 is 0.970 bits per heavy atom. The predicted octanol–water partition coefficient (Wildman–Crippen LogP) is 5.21. The van der Waals surface area contributed by atoms with Crippen LogP contribution in [-0.2, 0) is 6.54 Å². The van der Waals surface area contributed by atoms with Gasteiger partial charge in [0.15, 0.2) is 0 Å². The first-order valence-corrected chi connectivity index (χ1v) is 11.0. The summed E-state index contributed by atoms with van der Waals surface area (Å²) in [5, 5.41) is 1.05. The van der Waals surface area contributed by atoms with E-state index in [1.54, 1.807) is 7.11 Å². The average Bonchev–Trinajstić information content (AvgIpc) is 3.26. The van der Waals surface area contributed by atoms with Crippen molar-refractivity contribution in [1.82, 2.24) is 9.80 Å². The van der Waals surface area contributed by atoms with Gasteiger partial charge in [-0.25, -0.2) is 4.39 Å². The summed E-state index contributed by atoms with van der Waals surface area (Å²) in [5.74, 6) is 1.36. The Balaban J connectivity index is 1.25. The van der Waals surface area contributed by atoms with Gasteiger partial charge in [0.1, 0.15) is 22.9 Å². The number of hydrogen-bond donors (Lipinski definition) is 0. The zero-order chi connectivity index (χ0) is 22.8. The van der Waals surface area contributed by atoms with Crippen LogP contribution in [0.5, 0.6) is 5.75 Å². The van der Waals surface area contributed by atoms with Gasteiger partial charge in [0.2, 0.25) is 0 Å². The highest BCUT2D eigenvalue weighted by Crippen LogP contribution is 2.32. The average molecular weight is 445 g/mol. The topological polar surface area (TPSA) is 45.9 Å². The van der Waals surface area contributed by atoms with Crippen LogP contribution in [0.4, 0.5) is 4.39 Å². The number of ether oxygens (including phenoxy) is 1. The van der Waals surface area contributed by atoms with E-state index in [4.69, 9.17) is 9.15 Å². The Morgan fingerprint density at radius 2 is 1.73 bits per heavy atom. The first-order valence-electron chi connectivity index (χ1n) is 11.0. The lowest BCUT2D eigenvalue weighted by molar-refractivity contribution is 0.0621. The number of para-hydroxylation sites is 1. The molecule has 0 aliphatic carbocycles. The number of carbonyl (C=O) groups excluding carboxylic acids is 1. The largest absolute Gasteiger partial charge is 0.496 e. The van der Waals surface area contributed by atoms with Crippen LogP contribution in [0.3, 0.4) is 0 Å². The maximum atomic E-state index is 13.1. The van der Waals surface area contributed by atoms with Gasteiger partial charge in [0.05, 0.1) is 13.7 Å². The first kappa shape index (κ1) is 21.2. The molecule has 5 nitrogen and oxygen atoms in total. The summed E-state index contributed by atoms with van der Waals surface area (Å²) in [4.78, 5) is 16.8. The van der Waals surface area contributed by atoms with Gasteiger partial charge < -0.3 is 14.1 Å². The molecule has 168 valence electrons. The fraction of sp³-hybridized carbons (Fsp3) is 0.222. The number of furan rings is 1. The molecule has 1 aliphatic heterocycles. The molecule has 5 rings (SSSR count). The highest BCUT2D eigenvalue weighted by atomic mass is 19.1. The van der Waals surface area contributed by atoms with Gasteiger partial charge in [-0.3, -0.25) is 9.69 Å². The van der Waals surface area contributed by atoms with Crippen LogP contribution in [-0.4, -0.2) is 49.0 Å². The van der Waals surface area contributed by atoms with Crippen LogP contribution in [0, 0.1) is 5.82 Å². The summed E-state index contributed by atoms with van der Waals surface area (Å²) in [6, 6.07) is 22.0. The predicted molar refractivity (Wildman–Crippen MR) is 126 cm³/mol. The van der Waals surface area contributed by atoms with Crippen molar-refractivity contribution in [3.05, 3.63) is 89.9 Å². The molecule has 3 aromatic carbocycles. The minimum absolute atomic E-state index is 0.0535. The molecule has 1 aliphatic rings. The van der Waals surface area contributed by atoms with Crippen molar-refractivity contribution in [3.8, 4) is 16.9 Å². The van der Waals surface area contributed by atoms with Crippen LogP contribution < -0.4 is 4.74 Å². The standard InChI is InChI=1S/C27H25FN2O3/c1-32-26-5-3-2-4-24(26)20-8-11-25-21(16-20)17-23(33-25)18-29-12-14-30(15-13-29)27(31)19-6-9-22(28)10-7-19/h2-11,16-17H,12-15,18H2,1H3. The number of nitrogens with zero attached hydrogens (tertiary/aromatic N) is 2. The van der Waals surface area contributed by atoms with E-state index in [0.717, 1.165) is 46.7 Å². The summed E-state index contributed by atoms with van der Waals surface area (Å²) in [6.07, 6.45) is 0. The minimum Gasteiger partial charge on any atom is -0.496 e. The molecule has 1 amide bonds. The van der Waals surface area contributed by atoms with Crippen molar-refractivity contribution in [2.24, 2.45) is 0 Å². The summed E-state index contributed by atoms with van der Waals surface area (Å²) in [5.41, 5.74) is 3.51. The number of hydrogen-bond acceptors (Lipinski definition) is 4. The van der Waals surface area contributed by atoms with Crippen LogP contribution in [0.25, 0.3) is 22.1 Å². The number of amides is 1. The highest BCUT2D eigenvalue weighted by molar-refractivity contribution is 5.94. The van der Waals surface area contributed by atoms with E-state index in [0.29, 0.717) is 25.2 Å². The molecule has 0 radical (unpaired) electrons. The van der Waals surface area contributed by atoms with Crippen molar-refractivity contribution in [3.63, 3.8) is 0 Å². The molecule has 0 unspecified atom stereocenters. The van der Waals surface area contributed by atoms with Gasteiger partial charge in [0.25, 0.3) is 5.91 Å². The quantitative estimate of drug-likeness (QED) is 0.424. The lowest BCUT2D eigenvalue weighted by atomic mass is 10.0. The van der Waals surface area contributed by atoms with Crippen LogP contribution >= 0.6 is 0 Å². The van der Waals surface area contributed by atoms with E-state index in [1.165, 1.54) is 24.3 Å². The maximum Gasteiger partial charge on any atom is 0.253 e. The molecule has 0 saturated carbocycles. The van der Waals surface area contributed by atoms with E-state index in [9.17, 15) is 9.18 Å². The van der Waals surface area contributed by atoms with Crippen molar-refractivity contribution < 1.29 is 18.3 Å². The SMILES string of the molecule is COc1ccccc1-c1ccc2oc(CN3CCN(C(=O)c4ccc(F)cc4)CC3)cc2c1. The first-order chi connectivity index (χ1) is 16.1. The molecule has 0 atom stereocenters. The van der Waals surface area contributed by atoms with Crippen molar-refractivity contribution in [2.75, 3.05) is 33.3 Å². The van der Waals surface area contributed by atoms with Crippen molar-refractivity contribution >= 4 is 16.9 Å². The van der Waals surface area contributed by atoms with E-state index in [-0.39, 0.29) is 11.7 Å². The Morgan fingerprint density at radius 3 is 2.48 bits per heavy atom. The molecular weight excluding hydrogens is 419 g/mol. The molecule has 1 saturated heterocycles. The molecule has 0 bridgehead atoms. The zero-order valence-electron chi connectivity index (χ0n) is 18.5. The number of piperazine rings is 1. The third kappa shape index (κ3) is 4.47. The second kappa shape index (κ2) is 9.08. The van der Waals surface area contributed by atoms with Crippen LogP contribution in [0.1, 0.15) is 16.1 Å². The number of fused-ring (bicyclic) bond motifs is 1. The number of carbonyl (C=O) groups is 1. The second-order valence-corrected chi connectivity index (χ2v) is 8.24. The number of halogens is 1. The van der Waals surface area contributed by atoms with Gasteiger partial charge >= 0.3 is 0 Å². The fourth-order valence-corrected chi connectivity index (χ4v) is 4.33. The molecule has 2 heterocycles. The highest BCUT2D eigenvalue weighted by Gasteiger charge is 2.23. The van der Waals surface area contributed by atoms with Crippen molar-refractivity contribution in [1.29, 1.82) is 0 Å². The molecule has 33 heavy (non-hydrogen) atoms. The molecule has 1 fully saturated rings. The van der Waals surface area contributed by atoms with Crippen molar-refractivity contribution in [2.45, 2.75) is 6.54 Å². The Kier molecular flexibility index (Phi) is 5.84. The van der Waals surface area contributed by atoms with Gasteiger partial charge in [-0.2, -0.15) is 0 Å². The molecule has 6 heteroatoms. The Bertz CT molecular complexity index is 1270. The smallest absolute Gasteiger partial charge is 0.253 e. The third-order valence-electron chi connectivity index (χ3n) is 6.12. The molecule has 4 aromatic rings. The maximum absolute atomic E-state index is 13.1. The minimum atomic E-state index is -0.336. The normalized spacial score (nSPS) is 14.5. The fourth-order valence-electron chi connectivity index (χ4n) is 4.33. The summed E-state index contributed by atoms with van der Waals surface area (Å²) < 4.78 is 24.7. The van der Waals surface area contributed by atoms with Gasteiger partial charge in [0, 0.05) is 42.7 Å². The molecule has 0 N–H and O–H groups in total. The lowest BCUT2D eigenvalue weighted by Gasteiger charge is -2.34. The second-order valence-electron chi connectivity index (χ2n) is 8.24. The lowest BCUT2D eigenvalue weighted by Crippen LogP contribution is -2.48. The number of benzene rings is 3. The van der Waals surface area contributed by atoms with E-state index in [1.807, 2.05) is 41.3 Å². The monoisotopic (exact) mass is 444 g/mol. The number of methoxy groups -OCH3 is 1. The molecule has 1 aromatic heterocycles. The van der Waals surface area contributed by atoms with Crippen LogP contribution in [0.2, 0.25) is 0 Å². The van der Waals surface area contributed by atoms with Gasteiger partial charge in [-0.1, -0.05) is 24.3 Å². The molecular formula is C27H25FN2O3. The van der Waals surface area contributed by atoms with Crippen LogP contribution in [0.15, 0.2) is 77.2 Å². The van der Waals surface area contributed by atoms with Gasteiger partial charge in [-0.15, -0.1) is 0 Å². The summed E-state index contributed by atoms with van der Waals surface area (Å²) in [6.45, 7) is 3.48. The summed E-state index contributed by atoms with van der Waals surface area (Å²) in [7, 11) is 1.68. The van der Waals surface area contributed by atoms with Gasteiger partial charge in [-0.05, 0) is 54.1 Å². The van der Waals surface area contributed by atoms with E-state index in [2.05, 4.69) is 17.0 Å². The summed E-state index contributed by atoms with van der Waals surface area (Å²) >= 11 is 0. The van der Waals surface area contributed by atoms with E-state index < -0.39 is 0 Å². The Hall–Kier alpha value is -3.64. The Labute approximate surface area is 192 Å². The number of rotatable bonds is 5.